The molecule has 3 rings (SSSR count). The molecule has 1 aliphatic heterocycles. The minimum atomic E-state index is -0.335. The van der Waals surface area contributed by atoms with Gasteiger partial charge in [0.15, 0.2) is 5.82 Å². The van der Waals surface area contributed by atoms with Crippen LogP contribution in [0.5, 0.6) is 0 Å². The van der Waals surface area contributed by atoms with Crippen LogP contribution in [0.3, 0.4) is 0 Å². The number of benzene rings is 1. The van der Waals surface area contributed by atoms with Crippen molar-refractivity contribution in [3.05, 3.63) is 41.8 Å². The fourth-order valence-electron chi connectivity index (χ4n) is 3.06. The van der Waals surface area contributed by atoms with Crippen LogP contribution in [-0.4, -0.2) is 40.2 Å². The maximum absolute atomic E-state index is 13.7. The van der Waals surface area contributed by atoms with Gasteiger partial charge >= 0.3 is 0 Å². The zero-order chi connectivity index (χ0) is 16.4. The molecule has 1 unspecified atom stereocenters. The molecule has 1 aliphatic rings. The van der Waals surface area contributed by atoms with E-state index in [0.717, 1.165) is 30.5 Å². The first-order chi connectivity index (χ1) is 11.1. The van der Waals surface area contributed by atoms with Crippen LogP contribution in [0.25, 0.3) is 11.3 Å². The van der Waals surface area contributed by atoms with Crippen LogP contribution in [-0.2, 0) is 18.4 Å². The molecule has 1 saturated heterocycles. The molecule has 1 amide bonds. The van der Waals surface area contributed by atoms with Gasteiger partial charge in [-0.2, -0.15) is 5.10 Å². The Morgan fingerprint density at radius 3 is 2.65 bits per heavy atom. The molecule has 0 radical (unpaired) electrons. The van der Waals surface area contributed by atoms with Crippen molar-refractivity contribution in [2.75, 3.05) is 13.6 Å². The first-order valence-electron chi connectivity index (χ1n) is 7.81. The first kappa shape index (κ1) is 15.7. The summed E-state index contributed by atoms with van der Waals surface area (Å²) in [5, 5.41) is 6.88. The van der Waals surface area contributed by atoms with Gasteiger partial charge in [-0.1, -0.05) is 24.3 Å². The lowest BCUT2D eigenvalue weighted by Gasteiger charge is -2.18. The van der Waals surface area contributed by atoms with E-state index in [1.54, 1.807) is 7.05 Å². The molecule has 0 spiro atoms. The summed E-state index contributed by atoms with van der Waals surface area (Å²) in [6, 6.07) is 7.49. The Morgan fingerprint density at radius 2 is 2.09 bits per heavy atom. The molecule has 5 nitrogen and oxygen atoms in total. The van der Waals surface area contributed by atoms with Crippen LogP contribution in [0.1, 0.15) is 18.4 Å². The zero-order valence-corrected chi connectivity index (χ0v) is 13.4. The van der Waals surface area contributed by atoms with Crippen molar-refractivity contribution in [3.8, 4) is 11.3 Å². The molecule has 6 heteroatoms. The molecule has 1 aromatic heterocycles. The lowest BCUT2D eigenvalue weighted by Crippen LogP contribution is -2.41. The van der Waals surface area contributed by atoms with Crippen molar-refractivity contribution in [3.63, 3.8) is 0 Å². The zero-order valence-electron chi connectivity index (χ0n) is 13.4. The Balaban J connectivity index is 1.63. The number of aromatic nitrogens is 2. The third-order valence-corrected chi connectivity index (χ3v) is 4.41. The molecule has 1 N–H and O–H groups in total. The van der Waals surface area contributed by atoms with Gasteiger partial charge in [0, 0.05) is 19.2 Å². The summed E-state index contributed by atoms with van der Waals surface area (Å²) in [5.41, 5.74) is 2.23. The normalized spacial score (nSPS) is 18.3. The van der Waals surface area contributed by atoms with Crippen LogP contribution in [0.4, 0.5) is 4.39 Å². The van der Waals surface area contributed by atoms with E-state index in [1.807, 2.05) is 31.3 Å². The average molecular weight is 316 g/mol. The topological polar surface area (TPSA) is 50.2 Å². The lowest BCUT2D eigenvalue weighted by atomic mass is 10.1. The summed E-state index contributed by atoms with van der Waals surface area (Å²) >= 11 is 0. The number of likely N-dealkylation sites (tertiary alicyclic amines) is 1. The van der Waals surface area contributed by atoms with E-state index >= 15 is 0 Å². The summed E-state index contributed by atoms with van der Waals surface area (Å²) in [4.78, 5) is 14.2. The van der Waals surface area contributed by atoms with E-state index in [9.17, 15) is 9.18 Å². The Bertz CT molecular complexity index is 676. The third kappa shape index (κ3) is 3.27. The number of amides is 1. The Hall–Kier alpha value is -2.21. The number of hydrogen-bond acceptors (Lipinski definition) is 3. The SMILES string of the molecule is CN1CCCC1C(=O)NCc1ccc(-c2c(F)cnn2C)cc1. The first-order valence-corrected chi connectivity index (χ1v) is 7.81. The van der Waals surface area contributed by atoms with Crippen LogP contribution < -0.4 is 5.32 Å². The second-order valence-corrected chi connectivity index (χ2v) is 6.02. The second-order valence-electron chi connectivity index (χ2n) is 6.02. The van der Waals surface area contributed by atoms with Crippen LogP contribution in [0.2, 0.25) is 0 Å². The highest BCUT2D eigenvalue weighted by Crippen LogP contribution is 2.22. The van der Waals surface area contributed by atoms with Crippen molar-refractivity contribution in [1.29, 1.82) is 0 Å². The minimum absolute atomic E-state index is 0.0159. The molecule has 0 saturated carbocycles. The molecule has 0 bridgehead atoms. The maximum Gasteiger partial charge on any atom is 0.237 e. The predicted molar refractivity (Wildman–Crippen MR) is 86.1 cm³/mol. The van der Waals surface area contributed by atoms with E-state index in [0.29, 0.717) is 12.2 Å². The standard InChI is InChI=1S/C17H21FN4O/c1-21-9-3-4-15(21)17(23)19-10-12-5-7-13(8-6-12)16-14(18)11-20-22(16)2/h5-8,11,15H,3-4,9-10H2,1-2H3,(H,19,23). The fraction of sp³-hybridized carbons (Fsp3) is 0.412. The number of rotatable bonds is 4. The molecular weight excluding hydrogens is 295 g/mol. The number of nitrogens with one attached hydrogen (secondary N) is 1. The summed E-state index contributed by atoms with van der Waals surface area (Å²) < 4.78 is 15.2. The maximum atomic E-state index is 13.7. The van der Waals surface area contributed by atoms with Gasteiger partial charge in [0.05, 0.1) is 12.2 Å². The highest BCUT2D eigenvalue weighted by molar-refractivity contribution is 5.82. The number of hydrogen-bond donors (Lipinski definition) is 1. The van der Waals surface area contributed by atoms with Gasteiger partial charge in [-0.05, 0) is 32.0 Å². The van der Waals surface area contributed by atoms with E-state index in [-0.39, 0.29) is 17.8 Å². The van der Waals surface area contributed by atoms with Crippen LogP contribution in [0, 0.1) is 5.82 Å². The van der Waals surface area contributed by atoms with Gasteiger partial charge in [0.25, 0.3) is 0 Å². The second kappa shape index (κ2) is 6.50. The molecule has 2 aromatic rings. The number of likely N-dealkylation sites (N-methyl/N-ethyl adjacent to an activating group) is 1. The fourth-order valence-corrected chi connectivity index (χ4v) is 3.06. The molecule has 122 valence electrons. The summed E-state index contributed by atoms with van der Waals surface area (Å²) in [6.07, 6.45) is 3.20. The van der Waals surface area contributed by atoms with Crippen molar-refractivity contribution >= 4 is 5.91 Å². The lowest BCUT2D eigenvalue weighted by molar-refractivity contribution is -0.125. The summed E-state index contributed by atoms with van der Waals surface area (Å²) in [7, 11) is 3.69. The Morgan fingerprint density at radius 1 is 1.35 bits per heavy atom. The molecule has 1 atom stereocenters. The molecule has 2 heterocycles. The molecule has 1 fully saturated rings. The number of halogens is 1. The average Bonchev–Trinajstić information content (AvgIpc) is 3.11. The Kier molecular flexibility index (Phi) is 4.43. The molecule has 0 aliphatic carbocycles. The minimum Gasteiger partial charge on any atom is -0.351 e. The molecular formula is C17H21FN4O. The van der Waals surface area contributed by atoms with Gasteiger partial charge in [-0.3, -0.25) is 14.4 Å². The summed E-state index contributed by atoms with van der Waals surface area (Å²) in [5.74, 6) is -0.260. The number of nitrogens with zero attached hydrogens (tertiary/aromatic N) is 3. The van der Waals surface area contributed by atoms with Crippen LogP contribution in [0.15, 0.2) is 30.5 Å². The number of carbonyl (C=O) groups excluding carboxylic acids is 1. The van der Waals surface area contributed by atoms with Gasteiger partial charge in [-0.25, -0.2) is 4.39 Å². The van der Waals surface area contributed by atoms with Crippen molar-refractivity contribution in [1.82, 2.24) is 20.0 Å². The van der Waals surface area contributed by atoms with Gasteiger partial charge in [-0.15, -0.1) is 0 Å². The van der Waals surface area contributed by atoms with Gasteiger partial charge < -0.3 is 5.32 Å². The van der Waals surface area contributed by atoms with E-state index in [4.69, 9.17) is 0 Å². The van der Waals surface area contributed by atoms with Crippen molar-refractivity contribution in [2.45, 2.75) is 25.4 Å². The third-order valence-electron chi connectivity index (χ3n) is 4.41. The van der Waals surface area contributed by atoms with Crippen molar-refractivity contribution < 1.29 is 9.18 Å². The van der Waals surface area contributed by atoms with E-state index in [1.165, 1.54) is 10.9 Å². The highest BCUT2D eigenvalue weighted by Gasteiger charge is 2.27. The number of aryl methyl sites for hydroxylation is 1. The van der Waals surface area contributed by atoms with E-state index < -0.39 is 0 Å². The summed E-state index contributed by atoms with van der Waals surface area (Å²) in [6.45, 7) is 1.46. The molecule has 23 heavy (non-hydrogen) atoms. The van der Waals surface area contributed by atoms with E-state index in [2.05, 4.69) is 15.3 Å². The quantitative estimate of drug-likeness (QED) is 0.938. The predicted octanol–water partition coefficient (Wildman–Crippen LogP) is 1.94. The number of carbonyl (C=O) groups is 1. The smallest absolute Gasteiger partial charge is 0.237 e. The Labute approximate surface area is 135 Å². The monoisotopic (exact) mass is 316 g/mol. The van der Waals surface area contributed by atoms with Gasteiger partial charge in [0.2, 0.25) is 5.91 Å². The largest absolute Gasteiger partial charge is 0.351 e. The van der Waals surface area contributed by atoms with Crippen molar-refractivity contribution in [2.24, 2.45) is 7.05 Å². The highest BCUT2D eigenvalue weighted by atomic mass is 19.1. The van der Waals surface area contributed by atoms with Gasteiger partial charge in [0.1, 0.15) is 5.69 Å². The molecule has 1 aromatic carbocycles. The van der Waals surface area contributed by atoms with Crippen LogP contribution >= 0.6 is 0 Å².